The van der Waals surface area contributed by atoms with Gasteiger partial charge in [-0.25, -0.2) is 0 Å². The zero-order valence-corrected chi connectivity index (χ0v) is 10.1. The second kappa shape index (κ2) is 9.71. The highest BCUT2D eigenvalue weighted by Crippen LogP contribution is 1.91. The topological polar surface area (TPSA) is 38.3 Å². The maximum Gasteiger partial charge on any atom is 0.246 e. The quantitative estimate of drug-likeness (QED) is 0.495. The zero-order valence-electron chi connectivity index (χ0n) is 10.1. The molecule has 0 saturated heterocycles. The van der Waals surface area contributed by atoms with Crippen LogP contribution in [0.25, 0.3) is 0 Å². The molecule has 0 aromatic heterocycles. The lowest BCUT2D eigenvalue weighted by molar-refractivity contribution is -0.125. The standard InChI is InChI=1S/C12H23NO2/c1-4-5-9-15-10-12(14)13-8-6-7-11(2)3/h6-7,11H,4-5,8-10H2,1-3H3,(H,13,14)/b7-6+. The van der Waals surface area contributed by atoms with Gasteiger partial charge in [0.2, 0.25) is 5.91 Å². The first-order valence-corrected chi connectivity index (χ1v) is 5.68. The Kier molecular flexibility index (Phi) is 9.18. The van der Waals surface area contributed by atoms with Gasteiger partial charge in [-0.2, -0.15) is 0 Å². The highest BCUT2D eigenvalue weighted by Gasteiger charge is 1.98. The van der Waals surface area contributed by atoms with Gasteiger partial charge in [0.25, 0.3) is 0 Å². The molecule has 1 amide bonds. The molecule has 0 fully saturated rings. The van der Waals surface area contributed by atoms with Crippen LogP contribution in [0.2, 0.25) is 0 Å². The highest BCUT2D eigenvalue weighted by molar-refractivity contribution is 5.77. The average Bonchev–Trinajstić information content (AvgIpc) is 2.19. The molecule has 3 heteroatoms. The molecule has 0 rings (SSSR count). The molecule has 0 spiro atoms. The van der Waals surface area contributed by atoms with Crippen molar-refractivity contribution in [2.45, 2.75) is 33.6 Å². The molecule has 15 heavy (non-hydrogen) atoms. The second-order valence-electron chi connectivity index (χ2n) is 3.88. The summed E-state index contributed by atoms with van der Waals surface area (Å²) in [6.07, 6.45) is 6.14. The van der Waals surface area contributed by atoms with Crippen LogP contribution in [-0.2, 0) is 9.53 Å². The third-order valence-corrected chi connectivity index (χ3v) is 1.81. The van der Waals surface area contributed by atoms with Crippen molar-refractivity contribution in [3.8, 4) is 0 Å². The third kappa shape index (κ3) is 11.1. The van der Waals surface area contributed by atoms with Crippen molar-refractivity contribution >= 4 is 5.91 Å². The normalized spacial score (nSPS) is 11.2. The number of amides is 1. The van der Waals surface area contributed by atoms with Crippen LogP contribution in [0, 0.1) is 5.92 Å². The van der Waals surface area contributed by atoms with Gasteiger partial charge in [-0.05, 0) is 12.3 Å². The van der Waals surface area contributed by atoms with Gasteiger partial charge in [-0.15, -0.1) is 0 Å². The maximum absolute atomic E-state index is 11.2. The summed E-state index contributed by atoms with van der Waals surface area (Å²) in [6.45, 7) is 7.74. The molecule has 0 aliphatic heterocycles. The summed E-state index contributed by atoms with van der Waals surface area (Å²) in [5, 5.41) is 2.76. The number of hydrogen-bond donors (Lipinski definition) is 1. The molecule has 0 bridgehead atoms. The van der Waals surface area contributed by atoms with Gasteiger partial charge in [0.15, 0.2) is 0 Å². The number of ether oxygens (including phenoxy) is 1. The summed E-state index contributed by atoms with van der Waals surface area (Å²) < 4.78 is 5.18. The predicted octanol–water partition coefficient (Wildman–Crippen LogP) is 2.13. The van der Waals surface area contributed by atoms with E-state index >= 15 is 0 Å². The Balaban J connectivity index is 3.33. The molecule has 0 aliphatic rings. The molecule has 0 aliphatic carbocycles. The van der Waals surface area contributed by atoms with Crippen molar-refractivity contribution in [1.29, 1.82) is 0 Å². The van der Waals surface area contributed by atoms with E-state index in [4.69, 9.17) is 4.74 Å². The fraction of sp³-hybridized carbons (Fsp3) is 0.750. The van der Waals surface area contributed by atoms with E-state index in [1.807, 2.05) is 6.08 Å². The van der Waals surface area contributed by atoms with E-state index in [0.29, 0.717) is 19.1 Å². The van der Waals surface area contributed by atoms with Crippen LogP contribution in [0.5, 0.6) is 0 Å². The SMILES string of the molecule is CCCCOCC(=O)NC/C=C/C(C)C. The summed E-state index contributed by atoms with van der Waals surface area (Å²) in [4.78, 5) is 11.2. The van der Waals surface area contributed by atoms with E-state index in [1.165, 1.54) is 0 Å². The first-order valence-electron chi connectivity index (χ1n) is 5.68. The number of allylic oxidation sites excluding steroid dienone is 1. The lowest BCUT2D eigenvalue weighted by Gasteiger charge is -2.03. The van der Waals surface area contributed by atoms with E-state index in [0.717, 1.165) is 12.8 Å². The summed E-state index contributed by atoms with van der Waals surface area (Å²) in [7, 11) is 0. The van der Waals surface area contributed by atoms with Gasteiger partial charge in [0, 0.05) is 13.2 Å². The van der Waals surface area contributed by atoms with Crippen LogP contribution in [0.15, 0.2) is 12.2 Å². The molecule has 1 N–H and O–H groups in total. The van der Waals surface area contributed by atoms with Crippen LogP contribution < -0.4 is 5.32 Å². The molecular formula is C12H23NO2. The molecular weight excluding hydrogens is 190 g/mol. The lowest BCUT2D eigenvalue weighted by atomic mass is 10.2. The van der Waals surface area contributed by atoms with Gasteiger partial charge in [0.05, 0.1) is 0 Å². The Labute approximate surface area is 92.9 Å². The fourth-order valence-corrected chi connectivity index (χ4v) is 0.975. The average molecular weight is 213 g/mol. The smallest absolute Gasteiger partial charge is 0.246 e. The predicted molar refractivity (Wildman–Crippen MR) is 62.7 cm³/mol. The van der Waals surface area contributed by atoms with Crippen molar-refractivity contribution in [3.63, 3.8) is 0 Å². The van der Waals surface area contributed by atoms with Gasteiger partial charge in [-0.3, -0.25) is 4.79 Å². The zero-order chi connectivity index (χ0) is 11.5. The number of carbonyl (C=O) groups excluding carboxylic acids is 1. The van der Waals surface area contributed by atoms with Crippen LogP contribution in [0.4, 0.5) is 0 Å². The first-order chi connectivity index (χ1) is 7.16. The Hall–Kier alpha value is -0.830. The Morgan fingerprint density at radius 1 is 1.47 bits per heavy atom. The molecule has 3 nitrogen and oxygen atoms in total. The minimum absolute atomic E-state index is 0.0421. The number of hydrogen-bond acceptors (Lipinski definition) is 2. The molecule has 0 aromatic rings. The molecule has 0 radical (unpaired) electrons. The third-order valence-electron chi connectivity index (χ3n) is 1.81. The number of nitrogens with one attached hydrogen (secondary N) is 1. The summed E-state index contributed by atoms with van der Waals surface area (Å²) in [5.74, 6) is 0.488. The second-order valence-corrected chi connectivity index (χ2v) is 3.88. The lowest BCUT2D eigenvalue weighted by Crippen LogP contribution is -2.27. The number of rotatable bonds is 8. The van der Waals surface area contributed by atoms with E-state index < -0.39 is 0 Å². The first kappa shape index (κ1) is 14.2. The van der Waals surface area contributed by atoms with Crippen LogP contribution >= 0.6 is 0 Å². The van der Waals surface area contributed by atoms with E-state index in [9.17, 15) is 4.79 Å². The van der Waals surface area contributed by atoms with E-state index in [1.54, 1.807) is 0 Å². The molecule has 0 unspecified atom stereocenters. The van der Waals surface area contributed by atoms with Crippen LogP contribution in [-0.4, -0.2) is 25.7 Å². The minimum Gasteiger partial charge on any atom is -0.372 e. The maximum atomic E-state index is 11.2. The summed E-state index contributed by atoms with van der Waals surface area (Å²) in [5.41, 5.74) is 0. The van der Waals surface area contributed by atoms with Crippen molar-refractivity contribution < 1.29 is 9.53 Å². The van der Waals surface area contributed by atoms with Crippen molar-refractivity contribution in [1.82, 2.24) is 5.32 Å². The molecule has 0 saturated carbocycles. The van der Waals surface area contributed by atoms with Crippen molar-refractivity contribution in [2.75, 3.05) is 19.8 Å². The largest absolute Gasteiger partial charge is 0.372 e. The highest BCUT2D eigenvalue weighted by atomic mass is 16.5. The Morgan fingerprint density at radius 3 is 2.80 bits per heavy atom. The van der Waals surface area contributed by atoms with Gasteiger partial charge < -0.3 is 10.1 Å². The van der Waals surface area contributed by atoms with Gasteiger partial charge in [-0.1, -0.05) is 39.3 Å². The van der Waals surface area contributed by atoms with Crippen molar-refractivity contribution in [3.05, 3.63) is 12.2 Å². The number of carbonyl (C=O) groups is 1. The summed E-state index contributed by atoms with van der Waals surface area (Å²) >= 11 is 0. The minimum atomic E-state index is -0.0421. The van der Waals surface area contributed by atoms with Crippen molar-refractivity contribution in [2.24, 2.45) is 5.92 Å². The monoisotopic (exact) mass is 213 g/mol. The number of unbranched alkanes of at least 4 members (excludes halogenated alkanes) is 1. The molecule has 0 heterocycles. The van der Waals surface area contributed by atoms with E-state index in [2.05, 4.69) is 32.2 Å². The van der Waals surface area contributed by atoms with Gasteiger partial charge in [0.1, 0.15) is 6.61 Å². The molecule has 88 valence electrons. The summed E-state index contributed by atoms with van der Waals surface area (Å²) in [6, 6.07) is 0. The van der Waals surface area contributed by atoms with Crippen LogP contribution in [0.1, 0.15) is 33.6 Å². The van der Waals surface area contributed by atoms with Gasteiger partial charge >= 0.3 is 0 Å². The fourth-order valence-electron chi connectivity index (χ4n) is 0.975. The van der Waals surface area contributed by atoms with E-state index in [-0.39, 0.29) is 12.5 Å². The molecule has 0 atom stereocenters. The Morgan fingerprint density at radius 2 is 2.20 bits per heavy atom. The van der Waals surface area contributed by atoms with Crippen LogP contribution in [0.3, 0.4) is 0 Å². The molecule has 0 aromatic carbocycles. The Bertz CT molecular complexity index is 188.